The zero-order valence-corrected chi connectivity index (χ0v) is 22.8. The summed E-state index contributed by atoms with van der Waals surface area (Å²) in [6.45, 7) is 4.08. The number of urea groups is 1. The number of likely N-dealkylation sites (N-methyl/N-ethyl adjacent to an activating group) is 1. The molecule has 10 heteroatoms. The summed E-state index contributed by atoms with van der Waals surface area (Å²) in [5.74, 6) is -0.228. The number of carbonyl (C=O) groups excluding carboxylic acids is 3. The molecule has 3 N–H and O–H groups in total. The molecule has 1 fully saturated rings. The van der Waals surface area contributed by atoms with Crippen LogP contribution in [0.2, 0.25) is 0 Å². The second-order valence-electron chi connectivity index (χ2n) is 9.60. The van der Waals surface area contributed by atoms with Gasteiger partial charge in [0.1, 0.15) is 11.5 Å². The Bertz CT molecular complexity index is 1320. The first kappa shape index (κ1) is 28.4. The molecule has 1 aliphatic heterocycles. The molecule has 40 heavy (non-hydrogen) atoms. The molecule has 0 aromatic heterocycles. The van der Waals surface area contributed by atoms with Gasteiger partial charge in [-0.05, 0) is 62.0 Å². The third-order valence-corrected chi connectivity index (χ3v) is 6.72. The largest absolute Gasteiger partial charge is 0.507 e. The molecule has 3 aromatic carbocycles. The van der Waals surface area contributed by atoms with Crippen molar-refractivity contribution in [3.05, 3.63) is 83.9 Å². The molecule has 1 saturated heterocycles. The van der Waals surface area contributed by atoms with Crippen molar-refractivity contribution < 1.29 is 24.2 Å². The number of amides is 4. The smallest absolute Gasteiger partial charge is 0.317 e. The number of para-hydroxylation sites is 3. The number of hydrogen-bond donors (Lipinski definition) is 3. The number of hydrogen-bond acceptors (Lipinski definition) is 6. The van der Waals surface area contributed by atoms with E-state index < -0.39 is 5.91 Å². The number of ether oxygens (including phenoxy) is 1. The summed E-state index contributed by atoms with van der Waals surface area (Å²) in [6, 6.07) is 20.1. The Morgan fingerprint density at radius 1 is 0.925 bits per heavy atom. The molecular formula is C30H35N5O5. The topological polar surface area (TPSA) is 114 Å². The molecule has 210 valence electrons. The Kier molecular flexibility index (Phi) is 9.58. The number of rotatable bonds is 9. The highest BCUT2D eigenvalue weighted by atomic mass is 16.5. The number of aromatic hydroxyl groups is 1. The van der Waals surface area contributed by atoms with Crippen molar-refractivity contribution in [2.24, 2.45) is 0 Å². The van der Waals surface area contributed by atoms with E-state index in [-0.39, 0.29) is 23.3 Å². The Labute approximate surface area is 234 Å². The minimum atomic E-state index is -0.445. The second kappa shape index (κ2) is 13.5. The van der Waals surface area contributed by atoms with Crippen LogP contribution in [0.1, 0.15) is 27.1 Å². The maximum Gasteiger partial charge on any atom is 0.317 e. The molecule has 0 radical (unpaired) electrons. The molecule has 4 rings (SSSR count). The third-order valence-electron chi connectivity index (χ3n) is 6.72. The van der Waals surface area contributed by atoms with Gasteiger partial charge < -0.3 is 35.2 Å². The highest BCUT2D eigenvalue weighted by molar-refractivity contribution is 6.08. The fourth-order valence-corrected chi connectivity index (χ4v) is 4.29. The van der Waals surface area contributed by atoms with Gasteiger partial charge >= 0.3 is 6.03 Å². The second-order valence-corrected chi connectivity index (χ2v) is 9.60. The van der Waals surface area contributed by atoms with E-state index in [1.165, 1.54) is 17.0 Å². The van der Waals surface area contributed by atoms with Gasteiger partial charge in [-0.15, -0.1) is 0 Å². The zero-order chi connectivity index (χ0) is 28.5. The molecule has 10 nitrogen and oxygen atoms in total. The molecule has 4 amide bonds. The van der Waals surface area contributed by atoms with Gasteiger partial charge in [0.05, 0.1) is 17.9 Å². The van der Waals surface area contributed by atoms with Crippen LogP contribution in [0.4, 0.5) is 16.2 Å². The molecule has 0 bridgehead atoms. The maximum absolute atomic E-state index is 13.2. The van der Waals surface area contributed by atoms with Gasteiger partial charge in [-0.3, -0.25) is 9.59 Å². The number of benzene rings is 3. The normalized spacial score (nSPS) is 13.4. The fourth-order valence-electron chi connectivity index (χ4n) is 4.29. The van der Waals surface area contributed by atoms with Crippen LogP contribution in [0.15, 0.2) is 72.8 Å². The van der Waals surface area contributed by atoms with Gasteiger partial charge in [-0.2, -0.15) is 0 Å². The Hall–Kier alpha value is -4.57. The summed E-state index contributed by atoms with van der Waals surface area (Å²) in [5, 5.41) is 15.6. The van der Waals surface area contributed by atoms with E-state index >= 15 is 0 Å². The molecule has 3 aromatic rings. The minimum absolute atomic E-state index is 0.0531. The van der Waals surface area contributed by atoms with Crippen molar-refractivity contribution in [3.8, 4) is 11.5 Å². The summed E-state index contributed by atoms with van der Waals surface area (Å²) >= 11 is 0. The molecule has 1 heterocycles. The predicted molar refractivity (Wildman–Crippen MR) is 154 cm³/mol. The van der Waals surface area contributed by atoms with E-state index in [0.717, 1.165) is 26.2 Å². The van der Waals surface area contributed by atoms with Crippen molar-refractivity contribution in [1.29, 1.82) is 0 Å². The van der Waals surface area contributed by atoms with Crippen molar-refractivity contribution in [2.75, 3.05) is 63.6 Å². The quantitative estimate of drug-likeness (QED) is 0.354. The van der Waals surface area contributed by atoms with E-state index in [2.05, 4.69) is 15.5 Å². The van der Waals surface area contributed by atoms with E-state index in [4.69, 9.17) is 4.74 Å². The number of phenols is 1. The molecule has 0 aliphatic carbocycles. The molecule has 0 atom stereocenters. The van der Waals surface area contributed by atoms with Gasteiger partial charge in [0, 0.05) is 51.0 Å². The van der Waals surface area contributed by atoms with Crippen LogP contribution >= 0.6 is 0 Å². The first-order chi connectivity index (χ1) is 19.3. The van der Waals surface area contributed by atoms with Crippen molar-refractivity contribution in [3.63, 3.8) is 0 Å². The first-order valence-corrected chi connectivity index (χ1v) is 13.2. The highest BCUT2D eigenvalue weighted by Gasteiger charge is 2.19. The lowest BCUT2D eigenvalue weighted by Gasteiger charge is -2.32. The monoisotopic (exact) mass is 545 g/mol. The predicted octanol–water partition coefficient (Wildman–Crippen LogP) is 3.65. The molecular weight excluding hydrogens is 510 g/mol. The zero-order valence-electron chi connectivity index (χ0n) is 22.8. The van der Waals surface area contributed by atoms with Crippen LogP contribution in [-0.2, 0) is 0 Å². The lowest BCUT2D eigenvalue weighted by Crippen LogP contribution is -2.50. The lowest BCUT2D eigenvalue weighted by molar-refractivity contribution is 0.0990. The van der Waals surface area contributed by atoms with E-state index in [1.54, 1.807) is 49.5 Å². The number of nitrogens with zero attached hydrogens (tertiary/aromatic N) is 3. The highest BCUT2D eigenvalue weighted by Crippen LogP contribution is 2.28. The third kappa shape index (κ3) is 7.29. The summed E-state index contributed by atoms with van der Waals surface area (Å²) in [4.78, 5) is 43.5. The van der Waals surface area contributed by atoms with Crippen LogP contribution in [0.5, 0.6) is 11.5 Å². The number of anilines is 2. The van der Waals surface area contributed by atoms with Crippen LogP contribution in [-0.4, -0.2) is 86.2 Å². The summed E-state index contributed by atoms with van der Waals surface area (Å²) in [5.41, 5.74) is 1.71. The Balaban J connectivity index is 1.28. The van der Waals surface area contributed by atoms with E-state index in [9.17, 15) is 19.5 Å². The van der Waals surface area contributed by atoms with Crippen LogP contribution < -0.4 is 20.3 Å². The average molecular weight is 546 g/mol. The lowest BCUT2D eigenvalue weighted by atomic mass is 10.1. The van der Waals surface area contributed by atoms with Crippen LogP contribution in [0.25, 0.3) is 0 Å². The standard InChI is InChI=1S/C30H35N5O5/c1-33-17-19-35(20-18-33)30(39)31-16-7-21-40-27-11-6-4-9-25(27)34(2)29(38)22-12-14-23(15-13-22)32-28(37)24-8-3-5-10-26(24)36/h3-6,8-15,36H,7,16-21H2,1-2H3,(H,31,39)(H,32,37). The fraction of sp³-hybridized carbons (Fsp3) is 0.300. The molecule has 0 spiro atoms. The van der Waals surface area contributed by atoms with Gasteiger partial charge in [0.25, 0.3) is 11.8 Å². The van der Waals surface area contributed by atoms with Crippen LogP contribution in [0, 0.1) is 0 Å². The number of carbonyl (C=O) groups is 3. The summed E-state index contributed by atoms with van der Waals surface area (Å²) in [7, 11) is 3.72. The Morgan fingerprint density at radius 2 is 1.60 bits per heavy atom. The van der Waals surface area contributed by atoms with Crippen molar-refractivity contribution in [2.45, 2.75) is 6.42 Å². The summed E-state index contributed by atoms with van der Waals surface area (Å²) < 4.78 is 5.97. The van der Waals surface area contributed by atoms with Crippen LogP contribution in [0.3, 0.4) is 0 Å². The minimum Gasteiger partial charge on any atom is -0.507 e. The number of nitrogens with one attached hydrogen (secondary N) is 2. The van der Waals surface area contributed by atoms with Gasteiger partial charge in [0.15, 0.2) is 0 Å². The van der Waals surface area contributed by atoms with Gasteiger partial charge in [0.2, 0.25) is 0 Å². The average Bonchev–Trinajstić information content (AvgIpc) is 2.97. The van der Waals surface area contributed by atoms with Crippen molar-refractivity contribution in [1.82, 2.24) is 15.1 Å². The molecule has 0 saturated carbocycles. The number of piperazine rings is 1. The van der Waals surface area contributed by atoms with Gasteiger partial charge in [-0.1, -0.05) is 24.3 Å². The SMILES string of the molecule is CN1CCN(C(=O)NCCCOc2ccccc2N(C)C(=O)c2ccc(NC(=O)c3ccccc3O)cc2)CC1. The van der Waals surface area contributed by atoms with E-state index in [0.29, 0.717) is 42.3 Å². The Morgan fingerprint density at radius 3 is 2.33 bits per heavy atom. The maximum atomic E-state index is 13.2. The summed E-state index contributed by atoms with van der Waals surface area (Å²) in [6.07, 6.45) is 0.624. The first-order valence-electron chi connectivity index (χ1n) is 13.2. The van der Waals surface area contributed by atoms with E-state index in [1.807, 2.05) is 30.1 Å². The van der Waals surface area contributed by atoms with Gasteiger partial charge in [-0.25, -0.2) is 4.79 Å². The van der Waals surface area contributed by atoms with Crippen molar-refractivity contribution >= 4 is 29.2 Å². The molecule has 0 unspecified atom stereocenters. The molecule has 1 aliphatic rings. The number of phenolic OH excluding ortho intramolecular Hbond substituents is 1.